The highest BCUT2D eigenvalue weighted by Crippen LogP contribution is 2.47. The van der Waals surface area contributed by atoms with E-state index in [1.165, 1.54) is 23.9 Å². The lowest BCUT2D eigenvalue weighted by molar-refractivity contribution is -0.113. The van der Waals surface area contributed by atoms with Gasteiger partial charge in [0.2, 0.25) is 5.91 Å². The highest BCUT2D eigenvalue weighted by molar-refractivity contribution is 8.00. The fourth-order valence-electron chi connectivity index (χ4n) is 3.17. The fourth-order valence-corrected chi connectivity index (χ4v) is 3.86. The second kappa shape index (κ2) is 6.59. The van der Waals surface area contributed by atoms with Crippen molar-refractivity contribution in [3.63, 3.8) is 0 Å². The quantitative estimate of drug-likeness (QED) is 0.811. The third kappa shape index (κ3) is 3.58. The Morgan fingerprint density at radius 2 is 1.80 bits per heavy atom. The van der Waals surface area contributed by atoms with Gasteiger partial charge in [-0.3, -0.25) is 4.79 Å². The van der Waals surface area contributed by atoms with Gasteiger partial charge in [0, 0.05) is 29.5 Å². The summed E-state index contributed by atoms with van der Waals surface area (Å²) in [7, 11) is 0. The number of rotatable bonds is 4. The Hall–Kier alpha value is -2.21. The molecule has 0 bridgehead atoms. The van der Waals surface area contributed by atoms with E-state index in [1.807, 2.05) is 18.2 Å². The molecule has 4 rings (SSSR count). The highest BCUT2D eigenvalue weighted by Gasteiger charge is 2.44. The van der Waals surface area contributed by atoms with Crippen LogP contribution in [0.4, 0.5) is 10.1 Å². The number of thioether (sulfide) groups is 1. The number of anilines is 1. The van der Waals surface area contributed by atoms with Crippen LogP contribution in [0, 0.1) is 5.82 Å². The molecule has 25 heavy (non-hydrogen) atoms. The SMILES string of the molecule is O=C(CSc1ccc(F)cc1)Nc1ccc2c(c1)OC1(CCCC1)O2. The number of benzene rings is 2. The summed E-state index contributed by atoms with van der Waals surface area (Å²) in [5.41, 5.74) is 0.683. The number of nitrogens with one attached hydrogen (secondary N) is 1. The lowest BCUT2D eigenvalue weighted by atomic mass is 10.2. The van der Waals surface area contributed by atoms with Gasteiger partial charge in [-0.15, -0.1) is 11.8 Å². The van der Waals surface area contributed by atoms with Crippen molar-refractivity contribution in [3.05, 3.63) is 48.3 Å². The van der Waals surface area contributed by atoms with Crippen LogP contribution >= 0.6 is 11.8 Å². The molecule has 6 heteroatoms. The Balaban J connectivity index is 1.35. The van der Waals surface area contributed by atoms with Gasteiger partial charge in [-0.05, 0) is 49.2 Å². The number of fused-ring (bicyclic) bond motifs is 1. The van der Waals surface area contributed by atoms with E-state index in [9.17, 15) is 9.18 Å². The molecular weight excluding hydrogens is 341 g/mol. The average Bonchev–Trinajstić information content (AvgIpc) is 3.20. The molecule has 1 N–H and O–H groups in total. The minimum atomic E-state index is -0.497. The Morgan fingerprint density at radius 3 is 2.56 bits per heavy atom. The van der Waals surface area contributed by atoms with Crippen LogP contribution in [0.15, 0.2) is 47.4 Å². The van der Waals surface area contributed by atoms with Crippen molar-refractivity contribution in [2.45, 2.75) is 36.4 Å². The summed E-state index contributed by atoms with van der Waals surface area (Å²) in [4.78, 5) is 13.0. The van der Waals surface area contributed by atoms with Crippen LogP contribution in [-0.2, 0) is 4.79 Å². The third-order valence-corrected chi connectivity index (χ3v) is 5.38. The molecule has 2 aliphatic rings. The van der Waals surface area contributed by atoms with Gasteiger partial charge in [0.1, 0.15) is 5.82 Å². The van der Waals surface area contributed by atoms with Crippen LogP contribution < -0.4 is 14.8 Å². The minimum absolute atomic E-state index is 0.122. The van der Waals surface area contributed by atoms with Crippen LogP contribution in [0.2, 0.25) is 0 Å². The number of amides is 1. The molecule has 1 heterocycles. The molecule has 1 amide bonds. The van der Waals surface area contributed by atoms with Crippen molar-refractivity contribution in [3.8, 4) is 11.5 Å². The smallest absolute Gasteiger partial charge is 0.251 e. The molecule has 0 aromatic heterocycles. The van der Waals surface area contributed by atoms with Gasteiger partial charge < -0.3 is 14.8 Å². The van der Waals surface area contributed by atoms with Gasteiger partial charge >= 0.3 is 0 Å². The maximum Gasteiger partial charge on any atom is 0.251 e. The van der Waals surface area contributed by atoms with E-state index < -0.39 is 5.79 Å². The minimum Gasteiger partial charge on any atom is -0.448 e. The number of carbonyl (C=O) groups excluding carboxylic acids is 1. The number of carbonyl (C=O) groups is 1. The summed E-state index contributed by atoms with van der Waals surface area (Å²) >= 11 is 1.36. The van der Waals surface area contributed by atoms with Crippen LogP contribution in [0.1, 0.15) is 25.7 Å². The molecule has 1 spiro atoms. The van der Waals surface area contributed by atoms with Crippen molar-refractivity contribution < 1.29 is 18.7 Å². The van der Waals surface area contributed by atoms with Crippen LogP contribution in [0.25, 0.3) is 0 Å². The van der Waals surface area contributed by atoms with Crippen LogP contribution in [0.5, 0.6) is 11.5 Å². The molecule has 0 radical (unpaired) electrons. The van der Waals surface area contributed by atoms with Crippen molar-refractivity contribution in [1.29, 1.82) is 0 Å². The van der Waals surface area contributed by atoms with E-state index in [0.29, 0.717) is 11.4 Å². The zero-order valence-corrected chi connectivity index (χ0v) is 14.4. The molecule has 4 nitrogen and oxygen atoms in total. The first kappa shape index (κ1) is 16.3. The Kier molecular flexibility index (Phi) is 4.29. The first-order valence-electron chi connectivity index (χ1n) is 8.32. The first-order valence-corrected chi connectivity index (χ1v) is 9.31. The summed E-state index contributed by atoms with van der Waals surface area (Å²) in [6.45, 7) is 0. The molecule has 0 saturated heterocycles. The lowest BCUT2D eigenvalue weighted by Gasteiger charge is -2.21. The zero-order valence-electron chi connectivity index (χ0n) is 13.6. The predicted octanol–water partition coefficient (Wildman–Crippen LogP) is 4.60. The van der Waals surface area contributed by atoms with Gasteiger partial charge in [0.05, 0.1) is 5.75 Å². The molecular formula is C19H18FNO3S. The molecule has 1 fully saturated rings. The highest BCUT2D eigenvalue weighted by atomic mass is 32.2. The van der Waals surface area contributed by atoms with Crippen molar-refractivity contribution in [2.24, 2.45) is 0 Å². The topological polar surface area (TPSA) is 47.6 Å². The standard InChI is InChI=1S/C19H18FNO3S/c20-13-3-6-15(7-4-13)25-12-18(22)21-14-5-8-16-17(11-14)24-19(23-16)9-1-2-10-19/h3-8,11H,1-2,9-10,12H2,(H,21,22). The van der Waals surface area contributed by atoms with Crippen LogP contribution in [-0.4, -0.2) is 17.4 Å². The zero-order chi connectivity index (χ0) is 17.3. The fraction of sp³-hybridized carbons (Fsp3) is 0.316. The maximum absolute atomic E-state index is 12.9. The summed E-state index contributed by atoms with van der Waals surface area (Å²) in [6, 6.07) is 11.6. The predicted molar refractivity (Wildman–Crippen MR) is 94.7 cm³/mol. The Morgan fingerprint density at radius 1 is 1.08 bits per heavy atom. The van der Waals surface area contributed by atoms with E-state index in [0.717, 1.165) is 36.3 Å². The molecule has 130 valence electrons. The van der Waals surface area contributed by atoms with Gasteiger partial charge in [-0.2, -0.15) is 0 Å². The van der Waals surface area contributed by atoms with E-state index >= 15 is 0 Å². The number of hydrogen-bond donors (Lipinski definition) is 1. The summed E-state index contributed by atoms with van der Waals surface area (Å²) in [5, 5.41) is 2.86. The van der Waals surface area contributed by atoms with Crippen molar-refractivity contribution >= 4 is 23.4 Å². The number of ether oxygens (including phenoxy) is 2. The first-order chi connectivity index (χ1) is 12.1. The Labute approximate surface area is 149 Å². The van der Waals surface area contributed by atoms with Crippen molar-refractivity contribution in [2.75, 3.05) is 11.1 Å². The van der Waals surface area contributed by atoms with Gasteiger partial charge in [-0.1, -0.05) is 0 Å². The Bertz CT molecular complexity index is 788. The third-order valence-electron chi connectivity index (χ3n) is 4.37. The lowest BCUT2D eigenvalue weighted by Crippen LogP contribution is -2.34. The van der Waals surface area contributed by atoms with Crippen molar-refractivity contribution in [1.82, 2.24) is 0 Å². The second-order valence-corrected chi connectivity index (χ2v) is 7.32. The molecule has 1 aliphatic carbocycles. The van der Waals surface area contributed by atoms with Crippen LogP contribution in [0.3, 0.4) is 0 Å². The van der Waals surface area contributed by atoms with E-state index in [1.54, 1.807) is 12.1 Å². The molecule has 1 aliphatic heterocycles. The van der Waals surface area contributed by atoms with Gasteiger partial charge in [0.15, 0.2) is 11.5 Å². The van der Waals surface area contributed by atoms with E-state index in [4.69, 9.17) is 9.47 Å². The monoisotopic (exact) mass is 359 g/mol. The average molecular weight is 359 g/mol. The molecule has 0 atom stereocenters. The summed E-state index contributed by atoms with van der Waals surface area (Å²) < 4.78 is 24.8. The summed E-state index contributed by atoms with van der Waals surface area (Å²) in [6.07, 6.45) is 4.02. The number of hydrogen-bond acceptors (Lipinski definition) is 4. The van der Waals surface area contributed by atoms with E-state index in [2.05, 4.69) is 5.32 Å². The molecule has 2 aromatic rings. The molecule has 2 aromatic carbocycles. The van der Waals surface area contributed by atoms with E-state index in [-0.39, 0.29) is 17.5 Å². The number of halogens is 1. The molecule has 0 unspecified atom stereocenters. The maximum atomic E-state index is 12.9. The second-order valence-electron chi connectivity index (χ2n) is 6.27. The largest absolute Gasteiger partial charge is 0.448 e. The summed E-state index contributed by atoms with van der Waals surface area (Å²) in [5.74, 6) is 0.775. The molecule has 1 saturated carbocycles. The normalized spacial score (nSPS) is 17.0. The van der Waals surface area contributed by atoms with Gasteiger partial charge in [-0.25, -0.2) is 4.39 Å². The van der Waals surface area contributed by atoms with Gasteiger partial charge in [0.25, 0.3) is 5.79 Å².